The van der Waals surface area contributed by atoms with Crippen LogP contribution in [0.4, 0.5) is 0 Å². The molecule has 1 atom stereocenters. The van der Waals surface area contributed by atoms with Crippen molar-refractivity contribution in [3.05, 3.63) is 12.7 Å². The summed E-state index contributed by atoms with van der Waals surface area (Å²) < 4.78 is 0. The van der Waals surface area contributed by atoms with E-state index in [-0.39, 0.29) is 0 Å². The standard InChI is InChI=1S/C11H24N2/c1-5-6-7-8-12-11(4)9-13-10(2)3/h5,10-13H,1,6-9H2,2-4H3. The van der Waals surface area contributed by atoms with E-state index in [2.05, 4.69) is 38.0 Å². The molecule has 0 amide bonds. The maximum Gasteiger partial charge on any atom is 0.0164 e. The van der Waals surface area contributed by atoms with Crippen LogP contribution < -0.4 is 10.6 Å². The van der Waals surface area contributed by atoms with Crippen molar-refractivity contribution in [2.75, 3.05) is 13.1 Å². The highest BCUT2D eigenvalue weighted by atomic mass is 15.0. The lowest BCUT2D eigenvalue weighted by molar-refractivity contribution is 0.471. The third kappa shape index (κ3) is 9.57. The molecular formula is C11H24N2. The summed E-state index contributed by atoms with van der Waals surface area (Å²) in [5, 5.41) is 6.87. The van der Waals surface area contributed by atoms with Crippen molar-refractivity contribution in [1.82, 2.24) is 10.6 Å². The molecule has 0 aliphatic carbocycles. The highest BCUT2D eigenvalue weighted by Crippen LogP contribution is 1.88. The molecule has 0 aliphatic heterocycles. The van der Waals surface area contributed by atoms with E-state index in [0.29, 0.717) is 12.1 Å². The Balaban J connectivity index is 3.19. The van der Waals surface area contributed by atoms with Crippen molar-refractivity contribution in [2.45, 2.75) is 45.7 Å². The molecule has 2 heteroatoms. The van der Waals surface area contributed by atoms with Gasteiger partial charge in [0.05, 0.1) is 0 Å². The summed E-state index contributed by atoms with van der Waals surface area (Å²) in [6, 6.07) is 1.14. The molecule has 1 unspecified atom stereocenters. The molecular weight excluding hydrogens is 160 g/mol. The molecule has 0 aliphatic rings. The Morgan fingerprint density at radius 2 is 1.92 bits per heavy atom. The van der Waals surface area contributed by atoms with Gasteiger partial charge >= 0.3 is 0 Å². The Morgan fingerprint density at radius 1 is 1.23 bits per heavy atom. The van der Waals surface area contributed by atoms with Crippen molar-refractivity contribution in [3.63, 3.8) is 0 Å². The summed E-state index contributed by atoms with van der Waals surface area (Å²) in [5.41, 5.74) is 0. The zero-order chi connectivity index (χ0) is 10.1. The number of allylic oxidation sites excluding steroid dienone is 1. The van der Waals surface area contributed by atoms with Gasteiger partial charge in [-0.15, -0.1) is 6.58 Å². The fraction of sp³-hybridized carbons (Fsp3) is 0.818. The van der Waals surface area contributed by atoms with Gasteiger partial charge in [0.2, 0.25) is 0 Å². The van der Waals surface area contributed by atoms with E-state index in [1.165, 1.54) is 6.42 Å². The summed E-state index contributed by atoms with van der Waals surface area (Å²) in [5.74, 6) is 0. The van der Waals surface area contributed by atoms with Gasteiger partial charge in [-0.05, 0) is 26.3 Å². The quantitative estimate of drug-likeness (QED) is 0.445. The average molecular weight is 184 g/mol. The number of unbranched alkanes of at least 4 members (excludes halogenated alkanes) is 1. The van der Waals surface area contributed by atoms with Crippen LogP contribution in [0.2, 0.25) is 0 Å². The van der Waals surface area contributed by atoms with Gasteiger partial charge in [-0.3, -0.25) is 0 Å². The zero-order valence-electron chi connectivity index (χ0n) is 9.27. The molecule has 0 bridgehead atoms. The summed E-state index contributed by atoms with van der Waals surface area (Å²) in [4.78, 5) is 0. The van der Waals surface area contributed by atoms with Crippen LogP contribution in [0.25, 0.3) is 0 Å². The Kier molecular flexibility index (Phi) is 8.05. The maximum atomic E-state index is 3.70. The maximum absolute atomic E-state index is 3.70. The molecule has 0 saturated carbocycles. The molecule has 2 N–H and O–H groups in total. The molecule has 0 saturated heterocycles. The monoisotopic (exact) mass is 184 g/mol. The van der Waals surface area contributed by atoms with Crippen LogP contribution in [-0.2, 0) is 0 Å². The van der Waals surface area contributed by atoms with Gasteiger partial charge in [-0.2, -0.15) is 0 Å². The fourth-order valence-corrected chi connectivity index (χ4v) is 1.08. The lowest BCUT2D eigenvalue weighted by Crippen LogP contribution is -2.39. The first-order valence-electron chi connectivity index (χ1n) is 5.24. The molecule has 2 nitrogen and oxygen atoms in total. The summed E-state index contributed by atoms with van der Waals surface area (Å²) >= 11 is 0. The average Bonchev–Trinajstić information content (AvgIpc) is 2.09. The molecule has 0 rings (SSSR count). The lowest BCUT2D eigenvalue weighted by atomic mass is 10.2. The largest absolute Gasteiger partial charge is 0.313 e. The van der Waals surface area contributed by atoms with Gasteiger partial charge in [0.25, 0.3) is 0 Å². The van der Waals surface area contributed by atoms with E-state index in [9.17, 15) is 0 Å². The van der Waals surface area contributed by atoms with Crippen LogP contribution in [0.15, 0.2) is 12.7 Å². The zero-order valence-corrected chi connectivity index (χ0v) is 9.27. The van der Waals surface area contributed by atoms with Gasteiger partial charge in [-0.1, -0.05) is 19.9 Å². The first-order valence-corrected chi connectivity index (χ1v) is 5.24. The van der Waals surface area contributed by atoms with Crippen molar-refractivity contribution < 1.29 is 0 Å². The predicted octanol–water partition coefficient (Wildman–Crippen LogP) is 1.93. The smallest absolute Gasteiger partial charge is 0.0164 e. The second-order valence-corrected chi connectivity index (χ2v) is 3.85. The Morgan fingerprint density at radius 3 is 2.46 bits per heavy atom. The third-order valence-electron chi connectivity index (χ3n) is 1.91. The van der Waals surface area contributed by atoms with Gasteiger partial charge < -0.3 is 10.6 Å². The molecule has 0 aromatic rings. The van der Waals surface area contributed by atoms with E-state index in [4.69, 9.17) is 0 Å². The lowest BCUT2D eigenvalue weighted by Gasteiger charge is -2.16. The summed E-state index contributed by atoms with van der Waals surface area (Å²) in [6.45, 7) is 12.4. The first-order chi connectivity index (χ1) is 6.16. The molecule has 0 aromatic carbocycles. The van der Waals surface area contributed by atoms with E-state index >= 15 is 0 Å². The fourth-order valence-electron chi connectivity index (χ4n) is 1.08. The van der Waals surface area contributed by atoms with Crippen LogP contribution in [0, 0.1) is 0 Å². The normalized spacial score (nSPS) is 13.2. The van der Waals surface area contributed by atoms with Gasteiger partial charge in [0.15, 0.2) is 0 Å². The Bertz CT molecular complexity index is 121. The third-order valence-corrected chi connectivity index (χ3v) is 1.91. The molecule has 0 fully saturated rings. The van der Waals surface area contributed by atoms with E-state index < -0.39 is 0 Å². The van der Waals surface area contributed by atoms with Crippen LogP contribution >= 0.6 is 0 Å². The number of hydrogen-bond acceptors (Lipinski definition) is 2. The van der Waals surface area contributed by atoms with E-state index in [1.807, 2.05) is 6.08 Å². The van der Waals surface area contributed by atoms with E-state index in [1.54, 1.807) is 0 Å². The number of rotatable bonds is 8. The SMILES string of the molecule is C=CCCCNC(C)CNC(C)C. The minimum absolute atomic E-state index is 0.562. The van der Waals surface area contributed by atoms with Gasteiger partial charge in [0.1, 0.15) is 0 Å². The van der Waals surface area contributed by atoms with Crippen LogP contribution in [0.5, 0.6) is 0 Å². The molecule has 0 heterocycles. The van der Waals surface area contributed by atoms with Crippen LogP contribution in [0.1, 0.15) is 33.6 Å². The minimum Gasteiger partial charge on any atom is -0.313 e. The Labute approximate surface area is 82.8 Å². The van der Waals surface area contributed by atoms with Crippen molar-refractivity contribution >= 4 is 0 Å². The molecule has 0 spiro atoms. The van der Waals surface area contributed by atoms with E-state index in [0.717, 1.165) is 19.5 Å². The highest BCUT2D eigenvalue weighted by molar-refractivity contribution is 4.69. The molecule has 0 radical (unpaired) electrons. The summed E-state index contributed by atoms with van der Waals surface area (Å²) in [6.07, 6.45) is 4.27. The second kappa shape index (κ2) is 8.27. The summed E-state index contributed by atoms with van der Waals surface area (Å²) in [7, 11) is 0. The number of hydrogen-bond donors (Lipinski definition) is 2. The second-order valence-electron chi connectivity index (χ2n) is 3.85. The van der Waals surface area contributed by atoms with Crippen molar-refractivity contribution in [1.29, 1.82) is 0 Å². The highest BCUT2D eigenvalue weighted by Gasteiger charge is 2.00. The van der Waals surface area contributed by atoms with Gasteiger partial charge in [-0.25, -0.2) is 0 Å². The molecule has 78 valence electrons. The predicted molar refractivity (Wildman–Crippen MR) is 60.0 cm³/mol. The number of nitrogens with one attached hydrogen (secondary N) is 2. The Hall–Kier alpha value is -0.340. The molecule has 0 aromatic heterocycles. The molecule has 13 heavy (non-hydrogen) atoms. The van der Waals surface area contributed by atoms with Crippen molar-refractivity contribution in [2.24, 2.45) is 0 Å². The topological polar surface area (TPSA) is 24.1 Å². The minimum atomic E-state index is 0.562. The van der Waals surface area contributed by atoms with Gasteiger partial charge in [0, 0.05) is 18.6 Å². The van der Waals surface area contributed by atoms with Crippen molar-refractivity contribution in [3.8, 4) is 0 Å². The van der Waals surface area contributed by atoms with Crippen LogP contribution in [-0.4, -0.2) is 25.2 Å². The van der Waals surface area contributed by atoms with Crippen LogP contribution in [0.3, 0.4) is 0 Å². The first kappa shape index (κ1) is 12.7.